The quantitative estimate of drug-likeness (QED) is 0.849. The number of hydrogen-bond acceptors (Lipinski definition) is 2. The van der Waals surface area contributed by atoms with Crippen LogP contribution in [0.3, 0.4) is 0 Å². The largest absolute Gasteiger partial charge is 0.508 e. The molecule has 1 aromatic rings. The van der Waals surface area contributed by atoms with E-state index in [0.717, 1.165) is 12.8 Å². The number of carbonyl (C=O) groups excluding carboxylic acids is 1. The van der Waals surface area contributed by atoms with Gasteiger partial charge in [0, 0.05) is 18.7 Å². The summed E-state index contributed by atoms with van der Waals surface area (Å²) in [6, 6.07) is 6.60. The number of hydrogen-bond donors (Lipinski definition) is 1. The summed E-state index contributed by atoms with van der Waals surface area (Å²) in [4.78, 5) is 13.8. The maximum Gasteiger partial charge on any atom is 0.253 e. The van der Waals surface area contributed by atoms with E-state index in [2.05, 4.69) is 6.92 Å². The summed E-state index contributed by atoms with van der Waals surface area (Å²) >= 11 is 0. The van der Waals surface area contributed by atoms with Gasteiger partial charge in [-0.25, -0.2) is 0 Å². The van der Waals surface area contributed by atoms with Gasteiger partial charge in [0.2, 0.25) is 0 Å². The Morgan fingerprint density at radius 2 is 1.94 bits per heavy atom. The van der Waals surface area contributed by atoms with E-state index in [1.54, 1.807) is 17.0 Å². The molecule has 1 amide bonds. The fourth-order valence-corrected chi connectivity index (χ4v) is 1.62. The Morgan fingerprint density at radius 1 is 1.38 bits per heavy atom. The van der Waals surface area contributed by atoms with Gasteiger partial charge in [-0.05, 0) is 37.6 Å². The molecule has 0 aliphatic carbocycles. The Morgan fingerprint density at radius 3 is 2.44 bits per heavy atom. The highest BCUT2D eigenvalue weighted by molar-refractivity contribution is 5.94. The molecule has 0 aliphatic rings. The van der Waals surface area contributed by atoms with Crippen molar-refractivity contribution in [3.63, 3.8) is 0 Å². The number of aromatic hydroxyl groups is 1. The zero-order chi connectivity index (χ0) is 12.1. The first kappa shape index (κ1) is 12.6. The number of rotatable bonds is 4. The third-order valence-corrected chi connectivity index (χ3v) is 2.80. The summed E-state index contributed by atoms with van der Waals surface area (Å²) in [6.07, 6.45) is 2.06. The van der Waals surface area contributed by atoms with Crippen molar-refractivity contribution in [3.8, 4) is 5.75 Å². The van der Waals surface area contributed by atoms with Crippen LogP contribution in [0.25, 0.3) is 0 Å². The first-order valence-electron chi connectivity index (χ1n) is 5.62. The molecule has 3 heteroatoms. The van der Waals surface area contributed by atoms with Crippen LogP contribution in [-0.4, -0.2) is 29.0 Å². The van der Waals surface area contributed by atoms with Crippen molar-refractivity contribution < 1.29 is 9.90 Å². The third kappa shape index (κ3) is 2.99. The minimum Gasteiger partial charge on any atom is -0.508 e. The standard InChI is InChI=1S/C13H19NO2/c1-4-5-10(2)14(3)13(16)11-6-8-12(15)9-7-11/h6-10,15H,4-5H2,1-3H3. The third-order valence-electron chi connectivity index (χ3n) is 2.80. The second-order valence-corrected chi connectivity index (χ2v) is 4.10. The molecule has 0 fully saturated rings. The Hall–Kier alpha value is -1.51. The van der Waals surface area contributed by atoms with E-state index >= 15 is 0 Å². The maximum absolute atomic E-state index is 12.0. The van der Waals surface area contributed by atoms with E-state index < -0.39 is 0 Å². The van der Waals surface area contributed by atoms with Crippen molar-refractivity contribution in [1.82, 2.24) is 4.90 Å². The van der Waals surface area contributed by atoms with Crippen LogP contribution in [0.5, 0.6) is 5.75 Å². The highest BCUT2D eigenvalue weighted by Gasteiger charge is 2.16. The Labute approximate surface area is 96.7 Å². The second kappa shape index (κ2) is 5.54. The van der Waals surface area contributed by atoms with Crippen LogP contribution in [-0.2, 0) is 0 Å². The van der Waals surface area contributed by atoms with Crippen molar-refractivity contribution in [2.45, 2.75) is 32.7 Å². The van der Waals surface area contributed by atoms with Gasteiger partial charge in [-0.15, -0.1) is 0 Å². The van der Waals surface area contributed by atoms with Crippen molar-refractivity contribution in [1.29, 1.82) is 0 Å². The van der Waals surface area contributed by atoms with Crippen LogP contribution in [0.4, 0.5) is 0 Å². The molecular weight excluding hydrogens is 202 g/mol. The maximum atomic E-state index is 12.0. The molecule has 0 aromatic heterocycles. The SMILES string of the molecule is CCCC(C)N(C)C(=O)c1ccc(O)cc1. The average Bonchev–Trinajstić information content (AvgIpc) is 2.28. The fourth-order valence-electron chi connectivity index (χ4n) is 1.62. The zero-order valence-electron chi connectivity index (χ0n) is 10.1. The smallest absolute Gasteiger partial charge is 0.253 e. The summed E-state index contributed by atoms with van der Waals surface area (Å²) in [6.45, 7) is 4.15. The topological polar surface area (TPSA) is 40.5 Å². The average molecular weight is 221 g/mol. The van der Waals surface area contributed by atoms with Gasteiger partial charge in [0.15, 0.2) is 0 Å². The molecule has 1 unspecified atom stereocenters. The molecule has 1 atom stereocenters. The molecule has 0 saturated carbocycles. The zero-order valence-corrected chi connectivity index (χ0v) is 10.1. The molecule has 0 aliphatic heterocycles. The molecule has 0 heterocycles. The lowest BCUT2D eigenvalue weighted by Gasteiger charge is -2.24. The van der Waals surface area contributed by atoms with Gasteiger partial charge in [0.25, 0.3) is 5.91 Å². The van der Waals surface area contributed by atoms with Gasteiger partial charge in [0.05, 0.1) is 0 Å². The summed E-state index contributed by atoms with van der Waals surface area (Å²) in [7, 11) is 1.81. The lowest BCUT2D eigenvalue weighted by Crippen LogP contribution is -2.34. The van der Waals surface area contributed by atoms with Gasteiger partial charge in [-0.2, -0.15) is 0 Å². The molecule has 16 heavy (non-hydrogen) atoms. The summed E-state index contributed by atoms with van der Waals surface area (Å²) < 4.78 is 0. The second-order valence-electron chi connectivity index (χ2n) is 4.10. The predicted octanol–water partition coefficient (Wildman–Crippen LogP) is 2.65. The Balaban J connectivity index is 2.73. The lowest BCUT2D eigenvalue weighted by atomic mass is 10.1. The Bertz CT molecular complexity index is 345. The van der Waals surface area contributed by atoms with Crippen LogP contribution >= 0.6 is 0 Å². The van der Waals surface area contributed by atoms with Gasteiger partial charge in [0.1, 0.15) is 5.75 Å². The predicted molar refractivity (Wildman–Crippen MR) is 64.6 cm³/mol. The fraction of sp³-hybridized carbons (Fsp3) is 0.462. The van der Waals surface area contributed by atoms with E-state index in [1.807, 2.05) is 14.0 Å². The lowest BCUT2D eigenvalue weighted by molar-refractivity contribution is 0.0737. The van der Waals surface area contributed by atoms with Gasteiger partial charge in [-0.3, -0.25) is 4.79 Å². The molecule has 1 rings (SSSR count). The number of carbonyl (C=O) groups is 1. The summed E-state index contributed by atoms with van der Waals surface area (Å²) in [5.74, 6) is 0.182. The summed E-state index contributed by atoms with van der Waals surface area (Å²) in [5.41, 5.74) is 0.614. The molecular formula is C13H19NO2. The number of phenols is 1. The first-order chi connectivity index (χ1) is 7.56. The summed E-state index contributed by atoms with van der Waals surface area (Å²) in [5, 5.41) is 9.15. The molecule has 0 radical (unpaired) electrons. The van der Waals surface area contributed by atoms with Crippen LogP contribution in [0.2, 0.25) is 0 Å². The van der Waals surface area contributed by atoms with E-state index in [1.165, 1.54) is 12.1 Å². The number of phenolic OH excluding ortho intramolecular Hbond substituents is 1. The molecule has 3 nitrogen and oxygen atoms in total. The number of benzene rings is 1. The van der Waals surface area contributed by atoms with Crippen LogP contribution < -0.4 is 0 Å². The van der Waals surface area contributed by atoms with E-state index in [-0.39, 0.29) is 17.7 Å². The Kier molecular flexibility index (Phi) is 4.35. The molecule has 88 valence electrons. The minimum absolute atomic E-state index is 0.000880. The van der Waals surface area contributed by atoms with Crippen LogP contribution in [0, 0.1) is 0 Å². The van der Waals surface area contributed by atoms with Crippen LogP contribution in [0.1, 0.15) is 37.0 Å². The van der Waals surface area contributed by atoms with Gasteiger partial charge >= 0.3 is 0 Å². The van der Waals surface area contributed by atoms with Crippen LogP contribution in [0.15, 0.2) is 24.3 Å². The van der Waals surface area contributed by atoms with Crippen molar-refractivity contribution in [2.75, 3.05) is 7.05 Å². The van der Waals surface area contributed by atoms with Gasteiger partial charge < -0.3 is 10.0 Å². The van der Waals surface area contributed by atoms with Crippen molar-refractivity contribution in [2.24, 2.45) is 0 Å². The molecule has 0 bridgehead atoms. The number of amides is 1. The molecule has 1 N–H and O–H groups in total. The van der Waals surface area contributed by atoms with Gasteiger partial charge in [-0.1, -0.05) is 13.3 Å². The highest BCUT2D eigenvalue weighted by Crippen LogP contribution is 2.13. The normalized spacial score (nSPS) is 12.2. The minimum atomic E-state index is 0.000880. The van der Waals surface area contributed by atoms with Crippen molar-refractivity contribution >= 4 is 5.91 Å². The molecule has 1 aromatic carbocycles. The first-order valence-corrected chi connectivity index (χ1v) is 5.62. The molecule has 0 saturated heterocycles. The highest BCUT2D eigenvalue weighted by atomic mass is 16.3. The van der Waals surface area contributed by atoms with E-state index in [4.69, 9.17) is 5.11 Å². The number of nitrogens with zero attached hydrogens (tertiary/aromatic N) is 1. The molecule has 0 spiro atoms. The monoisotopic (exact) mass is 221 g/mol. The van der Waals surface area contributed by atoms with Crippen molar-refractivity contribution in [3.05, 3.63) is 29.8 Å². The van der Waals surface area contributed by atoms with E-state index in [0.29, 0.717) is 5.56 Å². The van der Waals surface area contributed by atoms with E-state index in [9.17, 15) is 4.79 Å².